The number of carbonyl (C=O) groups excluding carboxylic acids is 2. The highest BCUT2D eigenvalue weighted by molar-refractivity contribution is 8.11. The van der Waals surface area contributed by atoms with Gasteiger partial charge in [-0.05, 0) is 51.3 Å². The van der Waals surface area contributed by atoms with Gasteiger partial charge in [0.25, 0.3) is 0 Å². The Morgan fingerprint density at radius 2 is 1.81 bits per heavy atom. The van der Waals surface area contributed by atoms with Crippen molar-refractivity contribution in [3.63, 3.8) is 0 Å². The number of imide groups is 1. The minimum absolute atomic E-state index is 0.0525. The van der Waals surface area contributed by atoms with Crippen LogP contribution in [0.2, 0.25) is 0 Å². The molecule has 1 aromatic carbocycles. The van der Waals surface area contributed by atoms with Crippen molar-refractivity contribution in [2.24, 2.45) is 4.36 Å². The van der Waals surface area contributed by atoms with E-state index in [4.69, 9.17) is 4.74 Å². The smallest absolute Gasteiger partial charge is 0.311 e. The van der Waals surface area contributed by atoms with Crippen molar-refractivity contribution in [2.45, 2.75) is 77.8 Å². The number of benzene rings is 1. The predicted molar refractivity (Wildman–Crippen MR) is 128 cm³/mol. The number of amides is 2. The molecule has 1 unspecified atom stereocenters. The van der Waals surface area contributed by atoms with Crippen LogP contribution in [0.1, 0.15) is 65.4 Å². The molecule has 0 aliphatic heterocycles. The summed E-state index contributed by atoms with van der Waals surface area (Å²) < 4.78 is 34.2. The van der Waals surface area contributed by atoms with Crippen molar-refractivity contribution in [1.29, 1.82) is 0 Å². The summed E-state index contributed by atoms with van der Waals surface area (Å²) in [6.07, 6.45) is 3.78. The van der Waals surface area contributed by atoms with E-state index in [1.807, 2.05) is 20.8 Å². The Labute approximate surface area is 197 Å². The van der Waals surface area contributed by atoms with Crippen LogP contribution in [0.25, 0.3) is 0 Å². The monoisotopic (exact) mass is 485 g/mol. The minimum Gasteiger partial charge on any atom is -0.497 e. The summed E-state index contributed by atoms with van der Waals surface area (Å²) in [5.41, 5.74) is 0.440. The maximum Gasteiger partial charge on any atom is 0.311 e. The molecule has 32 heavy (non-hydrogen) atoms. The van der Waals surface area contributed by atoms with E-state index in [1.54, 1.807) is 31.4 Å². The summed E-state index contributed by atoms with van der Waals surface area (Å²) in [6.45, 7) is 7.93. The zero-order valence-electron chi connectivity index (χ0n) is 19.6. The Hall–Kier alpha value is -1.91. The van der Waals surface area contributed by atoms with E-state index in [1.165, 1.54) is 4.90 Å². The van der Waals surface area contributed by atoms with Crippen molar-refractivity contribution in [1.82, 2.24) is 9.62 Å². The summed E-state index contributed by atoms with van der Waals surface area (Å²) in [5.74, 6) is 0.333. The van der Waals surface area contributed by atoms with E-state index in [0.717, 1.165) is 36.8 Å². The molecule has 10 heteroatoms. The molecule has 8 nitrogen and oxygen atoms in total. The number of nitrogens with zero attached hydrogens (tertiary/aromatic N) is 2. The second-order valence-electron chi connectivity index (χ2n) is 8.55. The van der Waals surface area contributed by atoms with E-state index in [2.05, 4.69) is 16.0 Å². The topological polar surface area (TPSA) is 105 Å². The van der Waals surface area contributed by atoms with Gasteiger partial charge >= 0.3 is 15.7 Å². The molecule has 0 aliphatic carbocycles. The number of methoxy groups -OCH3 is 1. The van der Waals surface area contributed by atoms with Crippen LogP contribution in [0.15, 0.2) is 28.6 Å². The fourth-order valence-electron chi connectivity index (χ4n) is 2.86. The number of ether oxygens (including phenoxy) is 1. The van der Waals surface area contributed by atoms with Crippen LogP contribution in [0.3, 0.4) is 0 Å². The summed E-state index contributed by atoms with van der Waals surface area (Å²) in [7, 11) is -0.964. The first-order valence-corrected chi connectivity index (χ1v) is 12.6. The number of carbonyl (C=O) groups is 2. The molecule has 0 saturated heterocycles. The molecule has 0 radical (unpaired) electrons. The van der Waals surface area contributed by atoms with Gasteiger partial charge < -0.3 is 4.74 Å². The molecule has 1 N–H and O–H groups in total. The average Bonchev–Trinajstić information content (AvgIpc) is 2.72. The Kier molecular flexibility index (Phi) is 12.6. The van der Waals surface area contributed by atoms with Crippen molar-refractivity contribution >= 4 is 33.6 Å². The molecule has 0 saturated carbocycles. The van der Waals surface area contributed by atoms with E-state index in [9.17, 15) is 18.0 Å². The fraction of sp³-hybridized carbons (Fsp3) is 0.636. The van der Waals surface area contributed by atoms with E-state index < -0.39 is 21.8 Å². The van der Waals surface area contributed by atoms with Gasteiger partial charge in [-0.25, -0.2) is 0 Å². The van der Waals surface area contributed by atoms with Gasteiger partial charge in [-0.15, -0.1) is 0 Å². The average molecular weight is 486 g/mol. The standard InChI is InChI=1S/C22H35N3O5S2/c1-6-7-8-9-18(23-32(28)29)14-15-25(21(27)31-24-22(2,3)4)20(26)16-17-10-12-19(30-5)13-11-17/h10-13,18,24H,6-9,14-16H2,1-5H3. The molecule has 0 spiro atoms. The normalized spacial score (nSPS) is 12.2. The quantitative estimate of drug-likeness (QED) is 0.340. The first kappa shape index (κ1) is 28.1. The van der Waals surface area contributed by atoms with Crippen LogP contribution >= 0.6 is 11.9 Å². The van der Waals surface area contributed by atoms with E-state index in [-0.39, 0.29) is 24.4 Å². The van der Waals surface area contributed by atoms with Crippen LogP contribution in [0.5, 0.6) is 5.75 Å². The Balaban J connectivity index is 2.94. The maximum absolute atomic E-state index is 13.0. The molecule has 0 aromatic heterocycles. The molecule has 180 valence electrons. The lowest BCUT2D eigenvalue weighted by Gasteiger charge is -2.25. The largest absolute Gasteiger partial charge is 0.497 e. The van der Waals surface area contributed by atoms with Crippen molar-refractivity contribution in [3.05, 3.63) is 29.8 Å². The molecule has 0 fully saturated rings. The molecule has 1 rings (SSSR count). The van der Waals surface area contributed by atoms with Crippen molar-refractivity contribution in [2.75, 3.05) is 13.7 Å². The van der Waals surface area contributed by atoms with Gasteiger partial charge in [-0.2, -0.15) is 12.8 Å². The van der Waals surface area contributed by atoms with Crippen molar-refractivity contribution < 1.29 is 22.7 Å². The van der Waals surface area contributed by atoms with Gasteiger partial charge in [0.15, 0.2) is 0 Å². The third-order valence-electron chi connectivity index (χ3n) is 4.54. The zero-order chi connectivity index (χ0) is 24.1. The highest BCUT2D eigenvalue weighted by Gasteiger charge is 2.25. The highest BCUT2D eigenvalue weighted by Crippen LogP contribution is 2.18. The van der Waals surface area contributed by atoms with Gasteiger partial charge in [0, 0.05) is 24.0 Å². The SMILES string of the molecule is CCCCCC(CCN(C(=O)Cc1ccc(OC)cc1)C(=O)SNC(C)(C)C)N=S(=O)=O. The van der Waals surface area contributed by atoms with Crippen LogP contribution in [-0.4, -0.2) is 49.7 Å². The lowest BCUT2D eigenvalue weighted by atomic mass is 10.1. The molecule has 0 aliphatic rings. The molecular weight excluding hydrogens is 450 g/mol. The first-order valence-electron chi connectivity index (χ1n) is 10.8. The second kappa shape index (κ2) is 14.3. The highest BCUT2D eigenvalue weighted by atomic mass is 32.2. The Bertz CT molecular complexity index is 857. The van der Waals surface area contributed by atoms with Gasteiger partial charge in [0.1, 0.15) is 5.75 Å². The number of unbranched alkanes of at least 4 members (excludes halogenated alkanes) is 2. The van der Waals surface area contributed by atoms with E-state index >= 15 is 0 Å². The Morgan fingerprint density at radius 1 is 1.16 bits per heavy atom. The third kappa shape index (κ3) is 11.6. The number of nitrogens with one attached hydrogen (secondary N) is 1. The summed E-state index contributed by atoms with van der Waals surface area (Å²) >= 11 is 0.867. The van der Waals surface area contributed by atoms with Gasteiger partial charge in [0.2, 0.25) is 5.91 Å². The molecular formula is C22H35N3O5S2. The first-order chi connectivity index (χ1) is 15.1. The summed E-state index contributed by atoms with van der Waals surface area (Å²) in [5, 5.41) is -0.422. The van der Waals surface area contributed by atoms with Crippen LogP contribution in [0.4, 0.5) is 4.79 Å². The van der Waals surface area contributed by atoms with Crippen LogP contribution < -0.4 is 9.46 Å². The van der Waals surface area contributed by atoms with Crippen LogP contribution in [0, 0.1) is 0 Å². The van der Waals surface area contributed by atoms with Gasteiger partial charge in [-0.1, -0.05) is 38.3 Å². The predicted octanol–water partition coefficient (Wildman–Crippen LogP) is 4.62. The molecule has 0 heterocycles. The molecule has 2 amide bonds. The number of rotatable bonds is 12. The van der Waals surface area contributed by atoms with Gasteiger partial charge in [-0.3, -0.25) is 19.2 Å². The molecule has 1 aromatic rings. The number of hydrogen-bond acceptors (Lipinski definition) is 8. The summed E-state index contributed by atoms with van der Waals surface area (Å²) in [4.78, 5) is 27.0. The second-order valence-corrected chi connectivity index (χ2v) is 9.95. The Morgan fingerprint density at radius 3 is 2.34 bits per heavy atom. The zero-order valence-corrected chi connectivity index (χ0v) is 21.2. The molecule has 1 atom stereocenters. The summed E-state index contributed by atoms with van der Waals surface area (Å²) in [6, 6.07) is 6.63. The van der Waals surface area contributed by atoms with E-state index in [0.29, 0.717) is 18.6 Å². The lowest BCUT2D eigenvalue weighted by molar-refractivity contribution is -0.127. The minimum atomic E-state index is -2.53. The molecule has 0 bridgehead atoms. The van der Waals surface area contributed by atoms with Crippen molar-refractivity contribution in [3.8, 4) is 5.75 Å². The number of hydrogen-bond donors (Lipinski definition) is 1. The van der Waals surface area contributed by atoms with Crippen LogP contribution in [-0.2, 0) is 21.7 Å². The third-order valence-corrected chi connectivity index (χ3v) is 6.12. The lowest BCUT2D eigenvalue weighted by Crippen LogP contribution is -2.40. The van der Waals surface area contributed by atoms with Gasteiger partial charge in [0.05, 0.1) is 19.6 Å². The fourth-order valence-corrected chi connectivity index (χ4v) is 4.01. The maximum atomic E-state index is 13.0.